The number of nitrogens with one attached hydrogen (secondary N) is 1. The van der Waals surface area contributed by atoms with Crippen LogP contribution in [0.15, 0.2) is 53.0 Å². The number of carbonyl (C=O) groups excluding carboxylic acids is 1. The van der Waals surface area contributed by atoms with Crippen molar-refractivity contribution in [1.82, 2.24) is 0 Å². The smallest absolute Gasteiger partial charge is 0.228 e. The summed E-state index contributed by atoms with van der Waals surface area (Å²) < 4.78 is 0.996. The molecule has 0 bridgehead atoms. The minimum atomic E-state index is -0.498. The maximum Gasteiger partial charge on any atom is 0.228 e. The van der Waals surface area contributed by atoms with Crippen molar-refractivity contribution < 1.29 is 9.90 Å². The van der Waals surface area contributed by atoms with Gasteiger partial charge in [-0.05, 0) is 42.3 Å². The second-order valence-electron chi connectivity index (χ2n) is 4.65. The van der Waals surface area contributed by atoms with Gasteiger partial charge >= 0.3 is 0 Å². The first-order valence-electron chi connectivity index (χ1n) is 6.37. The van der Waals surface area contributed by atoms with Gasteiger partial charge in [-0.3, -0.25) is 4.79 Å². The van der Waals surface area contributed by atoms with E-state index in [1.165, 1.54) is 0 Å². The lowest BCUT2D eigenvalue weighted by Crippen LogP contribution is -2.14. The van der Waals surface area contributed by atoms with Crippen LogP contribution in [0, 0.1) is 0 Å². The maximum atomic E-state index is 11.9. The van der Waals surface area contributed by atoms with E-state index in [1.807, 2.05) is 24.3 Å². The third-order valence-corrected chi connectivity index (χ3v) is 3.48. The van der Waals surface area contributed by atoms with Gasteiger partial charge in [0.1, 0.15) is 0 Å². The fourth-order valence-corrected chi connectivity index (χ4v) is 2.10. The van der Waals surface area contributed by atoms with E-state index in [-0.39, 0.29) is 5.91 Å². The Bertz CT molecular complexity index is 576. The summed E-state index contributed by atoms with van der Waals surface area (Å²) in [6.45, 7) is 1.71. The Morgan fingerprint density at radius 2 is 1.75 bits per heavy atom. The molecule has 2 aromatic rings. The first-order valence-corrected chi connectivity index (χ1v) is 7.16. The highest BCUT2D eigenvalue weighted by Crippen LogP contribution is 2.16. The lowest BCUT2D eigenvalue weighted by Gasteiger charge is -2.08. The van der Waals surface area contributed by atoms with Crippen LogP contribution >= 0.6 is 15.9 Å². The van der Waals surface area contributed by atoms with Gasteiger partial charge in [0.2, 0.25) is 5.91 Å². The molecule has 4 heteroatoms. The zero-order valence-electron chi connectivity index (χ0n) is 11.1. The summed E-state index contributed by atoms with van der Waals surface area (Å²) in [4.78, 5) is 11.9. The molecule has 0 spiro atoms. The second-order valence-corrected chi connectivity index (χ2v) is 5.57. The standard InChI is InChI=1S/C16H16BrNO2/c1-11(19)13-4-8-15(9-5-13)18-16(20)10-12-2-6-14(17)7-3-12/h2-9,11,19H,10H2,1H3,(H,18,20)/t11-/m0/s1. The van der Waals surface area contributed by atoms with E-state index < -0.39 is 6.10 Å². The summed E-state index contributed by atoms with van der Waals surface area (Å²) in [5.41, 5.74) is 2.53. The number of hydrogen-bond donors (Lipinski definition) is 2. The van der Waals surface area contributed by atoms with Gasteiger partial charge in [0.25, 0.3) is 0 Å². The van der Waals surface area contributed by atoms with E-state index in [9.17, 15) is 9.90 Å². The molecule has 1 atom stereocenters. The number of hydrogen-bond acceptors (Lipinski definition) is 2. The topological polar surface area (TPSA) is 49.3 Å². The van der Waals surface area contributed by atoms with Crippen molar-refractivity contribution in [3.63, 3.8) is 0 Å². The van der Waals surface area contributed by atoms with Crippen molar-refractivity contribution in [1.29, 1.82) is 0 Å². The summed E-state index contributed by atoms with van der Waals surface area (Å²) in [6, 6.07) is 14.9. The predicted molar refractivity (Wildman–Crippen MR) is 83.6 cm³/mol. The molecular weight excluding hydrogens is 318 g/mol. The molecule has 0 heterocycles. The number of rotatable bonds is 4. The fraction of sp³-hybridized carbons (Fsp3) is 0.188. The molecular formula is C16H16BrNO2. The van der Waals surface area contributed by atoms with E-state index in [4.69, 9.17) is 0 Å². The van der Waals surface area contributed by atoms with Gasteiger partial charge in [-0.15, -0.1) is 0 Å². The largest absolute Gasteiger partial charge is 0.389 e. The van der Waals surface area contributed by atoms with Gasteiger partial charge in [-0.1, -0.05) is 40.2 Å². The molecule has 0 radical (unpaired) electrons. The molecule has 104 valence electrons. The van der Waals surface area contributed by atoms with Gasteiger partial charge in [0.15, 0.2) is 0 Å². The average Bonchev–Trinajstić information content (AvgIpc) is 2.42. The maximum absolute atomic E-state index is 11.9. The first-order chi connectivity index (χ1) is 9.54. The van der Waals surface area contributed by atoms with E-state index in [2.05, 4.69) is 21.2 Å². The van der Waals surface area contributed by atoms with Crippen molar-refractivity contribution in [2.24, 2.45) is 0 Å². The molecule has 2 rings (SSSR count). The fourth-order valence-electron chi connectivity index (χ4n) is 1.84. The Labute approximate surface area is 126 Å². The molecule has 0 saturated carbocycles. The molecule has 0 aromatic heterocycles. The number of halogens is 1. The number of aliphatic hydroxyl groups excluding tert-OH is 1. The molecule has 0 aliphatic rings. The highest BCUT2D eigenvalue weighted by molar-refractivity contribution is 9.10. The van der Waals surface area contributed by atoms with Crippen LogP contribution in [0.4, 0.5) is 5.69 Å². The Morgan fingerprint density at radius 1 is 1.15 bits per heavy atom. The Morgan fingerprint density at radius 3 is 2.30 bits per heavy atom. The van der Waals surface area contributed by atoms with Crippen LogP contribution < -0.4 is 5.32 Å². The summed E-state index contributed by atoms with van der Waals surface area (Å²) in [5, 5.41) is 12.3. The number of benzene rings is 2. The average molecular weight is 334 g/mol. The number of anilines is 1. The molecule has 2 N–H and O–H groups in total. The molecule has 0 aliphatic carbocycles. The van der Waals surface area contributed by atoms with Crippen molar-refractivity contribution in [3.8, 4) is 0 Å². The molecule has 3 nitrogen and oxygen atoms in total. The molecule has 0 saturated heterocycles. The van der Waals surface area contributed by atoms with E-state index in [0.29, 0.717) is 6.42 Å². The van der Waals surface area contributed by atoms with Crippen molar-refractivity contribution >= 4 is 27.5 Å². The Kier molecular flexibility index (Phi) is 4.93. The highest BCUT2D eigenvalue weighted by Gasteiger charge is 2.05. The number of aliphatic hydroxyl groups is 1. The second kappa shape index (κ2) is 6.68. The Hall–Kier alpha value is -1.65. The van der Waals surface area contributed by atoms with Crippen LogP contribution in [0.2, 0.25) is 0 Å². The molecule has 1 amide bonds. The van der Waals surface area contributed by atoms with Crippen molar-refractivity contribution in [3.05, 3.63) is 64.1 Å². The Balaban J connectivity index is 1.95. The monoisotopic (exact) mass is 333 g/mol. The summed E-state index contributed by atoms with van der Waals surface area (Å²) in [5.74, 6) is -0.0582. The first kappa shape index (κ1) is 14.8. The summed E-state index contributed by atoms with van der Waals surface area (Å²) >= 11 is 3.36. The van der Waals surface area contributed by atoms with E-state index in [1.54, 1.807) is 31.2 Å². The van der Waals surface area contributed by atoms with Crippen LogP contribution in [0.3, 0.4) is 0 Å². The van der Waals surface area contributed by atoms with Gasteiger partial charge < -0.3 is 10.4 Å². The lowest BCUT2D eigenvalue weighted by atomic mass is 10.1. The van der Waals surface area contributed by atoms with Crippen LogP contribution in [0.5, 0.6) is 0 Å². The van der Waals surface area contributed by atoms with E-state index >= 15 is 0 Å². The predicted octanol–water partition coefficient (Wildman–Crippen LogP) is 3.68. The minimum absolute atomic E-state index is 0.0582. The normalized spacial score (nSPS) is 11.9. The molecule has 0 unspecified atom stereocenters. The zero-order chi connectivity index (χ0) is 14.5. The lowest BCUT2D eigenvalue weighted by molar-refractivity contribution is -0.115. The number of amides is 1. The van der Waals surface area contributed by atoms with Crippen LogP contribution in [-0.4, -0.2) is 11.0 Å². The molecule has 0 fully saturated rings. The van der Waals surface area contributed by atoms with Gasteiger partial charge in [0, 0.05) is 10.2 Å². The third-order valence-electron chi connectivity index (χ3n) is 2.95. The van der Waals surface area contributed by atoms with Crippen molar-refractivity contribution in [2.45, 2.75) is 19.4 Å². The molecule has 0 aliphatic heterocycles. The van der Waals surface area contributed by atoms with Gasteiger partial charge in [-0.2, -0.15) is 0 Å². The molecule has 2 aromatic carbocycles. The summed E-state index contributed by atoms with van der Waals surface area (Å²) in [6.07, 6.45) is -0.159. The SMILES string of the molecule is C[C@H](O)c1ccc(NC(=O)Cc2ccc(Br)cc2)cc1. The highest BCUT2D eigenvalue weighted by atomic mass is 79.9. The van der Waals surface area contributed by atoms with Crippen LogP contribution in [0.1, 0.15) is 24.2 Å². The van der Waals surface area contributed by atoms with Crippen molar-refractivity contribution in [2.75, 3.05) is 5.32 Å². The summed E-state index contributed by atoms with van der Waals surface area (Å²) in [7, 11) is 0. The number of carbonyl (C=O) groups is 1. The van der Waals surface area contributed by atoms with Gasteiger partial charge in [0.05, 0.1) is 12.5 Å². The van der Waals surface area contributed by atoms with Crippen LogP contribution in [0.25, 0.3) is 0 Å². The zero-order valence-corrected chi connectivity index (χ0v) is 12.7. The van der Waals surface area contributed by atoms with Crippen LogP contribution in [-0.2, 0) is 11.2 Å². The quantitative estimate of drug-likeness (QED) is 0.896. The molecule has 20 heavy (non-hydrogen) atoms. The van der Waals surface area contributed by atoms with Gasteiger partial charge in [-0.25, -0.2) is 0 Å². The minimum Gasteiger partial charge on any atom is -0.389 e. The van der Waals surface area contributed by atoms with E-state index in [0.717, 1.165) is 21.3 Å². The third kappa shape index (κ3) is 4.18.